The minimum atomic E-state index is -0.802. The molecule has 0 saturated heterocycles. The summed E-state index contributed by atoms with van der Waals surface area (Å²) in [6.45, 7) is 2.53. The monoisotopic (exact) mass is 616 g/mol. The van der Waals surface area contributed by atoms with Crippen LogP contribution < -0.4 is 26.6 Å². The Morgan fingerprint density at radius 1 is 0.727 bits per heavy atom. The van der Waals surface area contributed by atoms with Gasteiger partial charge in [0.15, 0.2) is 0 Å². The van der Waals surface area contributed by atoms with Crippen LogP contribution in [0.25, 0.3) is 0 Å². The number of carbonyl (C=O) groups is 7. The summed E-state index contributed by atoms with van der Waals surface area (Å²) in [7, 11) is 0. The van der Waals surface area contributed by atoms with Crippen LogP contribution in [0.2, 0.25) is 0 Å². The zero-order valence-electron chi connectivity index (χ0n) is 24.7. The van der Waals surface area contributed by atoms with Crippen LogP contribution in [0, 0.1) is 0 Å². The number of hydrogen-bond acceptors (Lipinski definition) is 9. The van der Waals surface area contributed by atoms with E-state index >= 15 is 0 Å². The number of nitrogens with zero attached hydrogens (tertiary/aromatic N) is 1. The molecule has 44 heavy (non-hydrogen) atoms. The lowest BCUT2D eigenvalue weighted by atomic mass is 10.1. The lowest BCUT2D eigenvalue weighted by molar-refractivity contribution is -0.137. The van der Waals surface area contributed by atoms with Crippen molar-refractivity contribution in [1.29, 1.82) is 0 Å². The van der Waals surface area contributed by atoms with E-state index < -0.39 is 35.6 Å². The number of hydrogen-bond donors (Lipinski definition) is 5. The van der Waals surface area contributed by atoms with E-state index in [-0.39, 0.29) is 77.3 Å². The molecule has 2 rings (SSSR count). The Balaban J connectivity index is 1.47. The van der Waals surface area contributed by atoms with Gasteiger partial charge in [-0.3, -0.25) is 38.5 Å². The molecule has 7 amide bonds. The number of carbonyl (C=O) groups excluding carboxylic acids is 7. The van der Waals surface area contributed by atoms with Gasteiger partial charge in [0.1, 0.15) is 6.04 Å². The van der Waals surface area contributed by atoms with Crippen molar-refractivity contribution in [1.82, 2.24) is 31.5 Å². The van der Waals surface area contributed by atoms with Crippen LogP contribution in [-0.4, -0.2) is 111 Å². The van der Waals surface area contributed by atoms with E-state index in [0.29, 0.717) is 13.0 Å². The second-order valence-electron chi connectivity index (χ2n) is 9.49. The van der Waals surface area contributed by atoms with E-state index in [1.54, 1.807) is 6.92 Å². The van der Waals surface area contributed by atoms with Gasteiger partial charge in [-0.2, -0.15) is 0 Å². The van der Waals surface area contributed by atoms with Crippen LogP contribution in [0.5, 0.6) is 0 Å². The molecule has 0 aliphatic carbocycles. The number of amides is 7. The molecule has 1 unspecified atom stereocenters. The molecule has 0 bridgehead atoms. The largest absolute Gasteiger partial charge is 0.379 e. The normalized spacial score (nSPS) is 12.9. The maximum absolute atomic E-state index is 12.4. The third-order valence-corrected chi connectivity index (χ3v) is 6.05. The number of rotatable bonds is 21. The van der Waals surface area contributed by atoms with Crippen molar-refractivity contribution in [3.8, 4) is 0 Å². The SMILES string of the molecule is CCNC(=O)C(Cc1ccccc1)NC(=O)CNC(=O)CNC(=O)CCOCCOCCNC(=O)CCN1C(=O)C=CC1=O. The first-order valence-corrected chi connectivity index (χ1v) is 14.3. The van der Waals surface area contributed by atoms with Crippen LogP contribution in [0.4, 0.5) is 0 Å². The maximum Gasteiger partial charge on any atom is 0.253 e. The Morgan fingerprint density at radius 2 is 1.34 bits per heavy atom. The summed E-state index contributed by atoms with van der Waals surface area (Å²) in [5.74, 6) is -3.04. The van der Waals surface area contributed by atoms with Gasteiger partial charge < -0.3 is 36.1 Å². The van der Waals surface area contributed by atoms with Crippen molar-refractivity contribution < 1.29 is 43.0 Å². The third kappa shape index (κ3) is 14.5. The van der Waals surface area contributed by atoms with Gasteiger partial charge in [-0.25, -0.2) is 0 Å². The van der Waals surface area contributed by atoms with E-state index in [0.717, 1.165) is 22.6 Å². The molecule has 0 saturated carbocycles. The lowest BCUT2D eigenvalue weighted by Crippen LogP contribution is -2.51. The molecule has 15 nitrogen and oxygen atoms in total. The topological polar surface area (TPSA) is 201 Å². The summed E-state index contributed by atoms with van der Waals surface area (Å²) in [6.07, 6.45) is 2.62. The quantitative estimate of drug-likeness (QED) is 0.0760. The van der Waals surface area contributed by atoms with Gasteiger partial charge >= 0.3 is 0 Å². The van der Waals surface area contributed by atoms with Crippen LogP contribution in [0.15, 0.2) is 42.5 Å². The van der Waals surface area contributed by atoms with Crippen LogP contribution in [0.3, 0.4) is 0 Å². The van der Waals surface area contributed by atoms with Gasteiger partial charge in [0.25, 0.3) is 11.8 Å². The summed E-state index contributed by atoms with van der Waals surface area (Å²) < 4.78 is 10.6. The molecular weight excluding hydrogens is 576 g/mol. The van der Waals surface area contributed by atoms with Gasteiger partial charge in [0.2, 0.25) is 29.5 Å². The number of nitrogens with one attached hydrogen (secondary N) is 5. The maximum atomic E-state index is 12.4. The van der Waals surface area contributed by atoms with Crippen molar-refractivity contribution >= 4 is 41.4 Å². The number of ether oxygens (including phenoxy) is 2. The molecule has 0 fully saturated rings. The Morgan fingerprint density at radius 3 is 2.02 bits per heavy atom. The molecule has 15 heteroatoms. The van der Waals surface area contributed by atoms with Crippen molar-refractivity contribution in [2.24, 2.45) is 0 Å². The molecule has 0 aromatic heterocycles. The molecule has 1 atom stereocenters. The second kappa shape index (κ2) is 20.3. The smallest absolute Gasteiger partial charge is 0.253 e. The molecular formula is C29H40N6O9. The summed E-state index contributed by atoms with van der Waals surface area (Å²) in [5.41, 5.74) is 0.872. The van der Waals surface area contributed by atoms with E-state index in [1.165, 1.54) is 0 Å². The minimum Gasteiger partial charge on any atom is -0.379 e. The molecule has 1 aromatic carbocycles. The minimum absolute atomic E-state index is 0.00382. The highest BCUT2D eigenvalue weighted by molar-refractivity contribution is 6.13. The summed E-state index contributed by atoms with van der Waals surface area (Å²) in [4.78, 5) is 84.4. The fraction of sp³-hybridized carbons (Fsp3) is 0.483. The van der Waals surface area contributed by atoms with Crippen LogP contribution in [0.1, 0.15) is 25.3 Å². The first-order chi connectivity index (χ1) is 21.2. The van der Waals surface area contributed by atoms with Gasteiger partial charge in [0, 0.05) is 51.0 Å². The predicted octanol–water partition coefficient (Wildman–Crippen LogP) is -2.06. The average Bonchev–Trinajstić information content (AvgIpc) is 3.33. The molecule has 240 valence electrons. The van der Waals surface area contributed by atoms with Gasteiger partial charge in [-0.1, -0.05) is 30.3 Å². The van der Waals surface area contributed by atoms with Crippen molar-refractivity contribution in [2.75, 3.05) is 59.2 Å². The first kappa shape index (κ1) is 35.6. The molecule has 1 aromatic rings. The van der Waals surface area contributed by atoms with E-state index in [1.807, 2.05) is 30.3 Å². The van der Waals surface area contributed by atoms with Gasteiger partial charge in [-0.05, 0) is 12.5 Å². The molecule has 1 heterocycles. The van der Waals surface area contributed by atoms with E-state index in [4.69, 9.17) is 9.47 Å². The Hall–Kier alpha value is -4.63. The number of likely N-dealkylation sites (N-methyl/N-ethyl adjacent to an activating group) is 1. The number of imide groups is 1. The predicted molar refractivity (Wildman–Crippen MR) is 157 cm³/mol. The third-order valence-electron chi connectivity index (χ3n) is 6.05. The van der Waals surface area contributed by atoms with Crippen molar-refractivity contribution in [3.63, 3.8) is 0 Å². The second-order valence-corrected chi connectivity index (χ2v) is 9.49. The highest BCUT2D eigenvalue weighted by Gasteiger charge is 2.23. The lowest BCUT2D eigenvalue weighted by Gasteiger charge is -2.18. The van der Waals surface area contributed by atoms with E-state index in [9.17, 15) is 33.6 Å². The number of benzene rings is 1. The fourth-order valence-corrected chi connectivity index (χ4v) is 3.81. The zero-order chi connectivity index (χ0) is 32.2. The standard InChI is InChI=1S/C29H40N6O9/c1-2-30-29(42)22(18-21-6-4-3-5-7-21)34-26(39)20-33-25(38)19-32-24(37)11-14-43-16-17-44-15-12-31-23(36)10-13-35-27(40)8-9-28(35)41/h3-9,22H,2,10-20H2,1H3,(H,30,42)(H,31,36)(H,32,37)(H,33,38)(H,34,39). The van der Waals surface area contributed by atoms with Gasteiger partial charge in [0.05, 0.1) is 39.5 Å². The van der Waals surface area contributed by atoms with Gasteiger partial charge in [-0.15, -0.1) is 0 Å². The fourth-order valence-electron chi connectivity index (χ4n) is 3.81. The molecule has 5 N–H and O–H groups in total. The van der Waals surface area contributed by atoms with Crippen molar-refractivity contribution in [3.05, 3.63) is 48.0 Å². The molecule has 1 aliphatic rings. The molecule has 0 spiro atoms. The van der Waals surface area contributed by atoms with Crippen LogP contribution in [-0.2, 0) is 49.5 Å². The highest BCUT2D eigenvalue weighted by Crippen LogP contribution is 2.05. The van der Waals surface area contributed by atoms with Crippen LogP contribution >= 0.6 is 0 Å². The Labute approximate surface area is 255 Å². The van der Waals surface area contributed by atoms with Crippen molar-refractivity contribution in [2.45, 2.75) is 32.2 Å². The van der Waals surface area contributed by atoms with E-state index in [2.05, 4.69) is 26.6 Å². The first-order valence-electron chi connectivity index (χ1n) is 14.3. The highest BCUT2D eigenvalue weighted by atomic mass is 16.5. The summed E-state index contributed by atoms with van der Waals surface area (Å²) in [6, 6.07) is 8.42. The molecule has 1 aliphatic heterocycles. The summed E-state index contributed by atoms with van der Waals surface area (Å²) in [5, 5.41) is 12.8. The summed E-state index contributed by atoms with van der Waals surface area (Å²) >= 11 is 0. The zero-order valence-corrected chi connectivity index (χ0v) is 24.7. The Kier molecular flexibility index (Phi) is 16.4. The Bertz CT molecular complexity index is 1160. The average molecular weight is 617 g/mol. The molecule has 0 radical (unpaired) electrons.